The van der Waals surface area contributed by atoms with Gasteiger partial charge in [0.25, 0.3) is 0 Å². The number of nitrogens with zero attached hydrogens (tertiary/aromatic N) is 2. The molecule has 4 heteroatoms. The van der Waals surface area contributed by atoms with Gasteiger partial charge < -0.3 is 10.1 Å². The molecule has 1 heterocycles. The highest BCUT2D eigenvalue weighted by atomic mass is 16.5. The summed E-state index contributed by atoms with van der Waals surface area (Å²) in [5.74, 6) is 0. The van der Waals surface area contributed by atoms with Crippen molar-refractivity contribution in [3.8, 4) is 0 Å². The van der Waals surface area contributed by atoms with E-state index < -0.39 is 0 Å². The number of hydrogen-bond donors (Lipinski definition) is 1. The molecule has 0 atom stereocenters. The van der Waals surface area contributed by atoms with Gasteiger partial charge in [0.15, 0.2) is 0 Å². The monoisotopic (exact) mass is 287 g/mol. The predicted octanol–water partition coefficient (Wildman–Crippen LogP) is 3.10. The van der Waals surface area contributed by atoms with Gasteiger partial charge in [-0.05, 0) is 39.2 Å². The molecule has 21 heavy (non-hydrogen) atoms. The number of benzene rings is 1. The summed E-state index contributed by atoms with van der Waals surface area (Å²) < 4.78 is 7.64. The average molecular weight is 287 g/mol. The molecule has 0 spiro atoms. The first kappa shape index (κ1) is 14.5. The number of aromatic nitrogens is 2. The van der Waals surface area contributed by atoms with Gasteiger partial charge in [-0.25, -0.2) is 0 Å². The number of fused-ring (bicyclic) bond motifs is 1. The van der Waals surface area contributed by atoms with Gasteiger partial charge in [0.2, 0.25) is 0 Å². The first-order valence-corrected chi connectivity index (χ1v) is 7.82. The van der Waals surface area contributed by atoms with Gasteiger partial charge in [-0.15, -0.1) is 0 Å². The van der Waals surface area contributed by atoms with Crippen LogP contribution in [0, 0.1) is 0 Å². The van der Waals surface area contributed by atoms with E-state index in [1.807, 2.05) is 0 Å². The van der Waals surface area contributed by atoms with Crippen LogP contribution >= 0.6 is 0 Å². The summed E-state index contributed by atoms with van der Waals surface area (Å²) in [6.45, 7) is 5.99. The first-order chi connectivity index (χ1) is 10.1. The number of para-hydroxylation sites is 1. The number of methoxy groups -OCH3 is 1. The standard InChI is InChI=1S/C17H25N3O/c1-17(2,21-3)10-11-20-16-7-5-4-6-14(16)15(19-20)12-18-13-8-9-13/h4-7,13,18H,8-12H2,1-3H3. The van der Waals surface area contributed by atoms with E-state index in [0.717, 1.165) is 25.2 Å². The Bertz CT molecular complexity index is 614. The van der Waals surface area contributed by atoms with Crippen LogP contribution in [0.1, 0.15) is 38.8 Å². The second-order valence-corrected chi connectivity index (χ2v) is 6.56. The number of nitrogens with one attached hydrogen (secondary N) is 1. The fourth-order valence-electron chi connectivity index (χ4n) is 2.50. The molecule has 1 fully saturated rings. The highest BCUT2D eigenvalue weighted by molar-refractivity contribution is 5.81. The van der Waals surface area contributed by atoms with Crippen LogP contribution < -0.4 is 5.32 Å². The maximum absolute atomic E-state index is 5.51. The van der Waals surface area contributed by atoms with E-state index >= 15 is 0 Å². The summed E-state index contributed by atoms with van der Waals surface area (Å²) in [5.41, 5.74) is 2.27. The maximum atomic E-state index is 5.51. The zero-order valence-corrected chi connectivity index (χ0v) is 13.2. The Kier molecular flexibility index (Phi) is 4.00. The largest absolute Gasteiger partial charge is 0.379 e. The van der Waals surface area contributed by atoms with Crippen molar-refractivity contribution in [2.24, 2.45) is 0 Å². The minimum Gasteiger partial charge on any atom is -0.379 e. The fourth-order valence-corrected chi connectivity index (χ4v) is 2.50. The number of aryl methyl sites for hydroxylation is 1. The molecule has 3 rings (SSSR count). The molecule has 0 bridgehead atoms. The lowest BCUT2D eigenvalue weighted by Gasteiger charge is -2.22. The summed E-state index contributed by atoms with van der Waals surface area (Å²) in [4.78, 5) is 0. The third kappa shape index (κ3) is 3.44. The fraction of sp³-hybridized carbons (Fsp3) is 0.588. The molecule has 1 aromatic carbocycles. The predicted molar refractivity (Wildman–Crippen MR) is 85.3 cm³/mol. The van der Waals surface area contributed by atoms with Gasteiger partial charge in [0.05, 0.1) is 16.8 Å². The Balaban J connectivity index is 1.80. The Hall–Kier alpha value is -1.39. The molecule has 1 aliphatic carbocycles. The summed E-state index contributed by atoms with van der Waals surface area (Å²) >= 11 is 0. The summed E-state index contributed by atoms with van der Waals surface area (Å²) in [7, 11) is 1.77. The van der Waals surface area contributed by atoms with E-state index in [-0.39, 0.29) is 5.60 Å². The van der Waals surface area contributed by atoms with Crippen LogP contribution in [0.2, 0.25) is 0 Å². The van der Waals surface area contributed by atoms with Gasteiger partial charge >= 0.3 is 0 Å². The van der Waals surface area contributed by atoms with Crippen molar-refractivity contribution >= 4 is 10.9 Å². The van der Waals surface area contributed by atoms with Crippen molar-refractivity contribution in [2.45, 2.75) is 57.8 Å². The normalized spacial score (nSPS) is 15.8. The molecular weight excluding hydrogens is 262 g/mol. The lowest BCUT2D eigenvalue weighted by Crippen LogP contribution is -2.24. The SMILES string of the molecule is COC(C)(C)CCn1nc(CNC2CC2)c2ccccc21. The molecule has 1 aliphatic rings. The minimum absolute atomic E-state index is 0.112. The van der Waals surface area contributed by atoms with Crippen LogP contribution in [0.15, 0.2) is 24.3 Å². The quantitative estimate of drug-likeness (QED) is 0.850. The molecular formula is C17H25N3O. The smallest absolute Gasteiger partial charge is 0.0841 e. The van der Waals surface area contributed by atoms with Crippen molar-refractivity contribution in [2.75, 3.05) is 7.11 Å². The molecule has 1 aromatic heterocycles. The highest BCUT2D eigenvalue weighted by Crippen LogP contribution is 2.23. The van der Waals surface area contributed by atoms with Crippen LogP contribution in [-0.2, 0) is 17.8 Å². The molecule has 0 saturated heterocycles. The Morgan fingerprint density at radius 2 is 2.10 bits per heavy atom. The second kappa shape index (κ2) is 5.78. The van der Waals surface area contributed by atoms with E-state index in [4.69, 9.17) is 9.84 Å². The third-order valence-corrected chi connectivity index (χ3v) is 4.35. The first-order valence-electron chi connectivity index (χ1n) is 7.82. The lowest BCUT2D eigenvalue weighted by molar-refractivity contribution is 0.0115. The maximum Gasteiger partial charge on any atom is 0.0841 e. The minimum atomic E-state index is -0.112. The van der Waals surface area contributed by atoms with Crippen molar-refractivity contribution in [1.82, 2.24) is 15.1 Å². The van der Waals surface area contributed by atoms with Crippen LogP contribution in [0.4, 0.5) is 0 Å². The molecule has 2 aromatic rings. The van der Waals surface area contributed by atoms with E-state index in [2.05, 4.69) is 48.1 Å². The topological polar surface area (TPSA) is 39.1 Å². The van der Waals surface area contributed by atoms with Crippen LogP contribution in [0.25, 0.3) is 10.9 Å². The highest BCUT2D eigenvalue weighted by Gasteiger charge is 2.22. The van der Waals surface area contributed by atoms with E-state index in [0.29, 0.717) is 6.04 Å². The van der Waals surface area contributed by atoms with Gasteiger partial charge in [-0.1, -0.05) is 18.2 Å². The number of ether oxygens (including phenoxy) is 1. The Labute approximate surface area is 126 Å². The average Bonchev–Trinajstić information content (AvgIpc) is 3.25. The van der Waals surface area contributed by atoms with Crippen molar-refractivity contribution in [3.05, 3.63) is 30.0 Å². The van der Waals surface area contributed by atoms with Crippen molar-refractivity contribution in [1.29, 1.82) is 0 Å². The summed E-state index contributed by atoms with van der Waals surface area (Å²) in [6, 6.07) is 9.21. The van der Waals surface area contributed by atoms with E-state index in [1.54, 1.807) is 7.11 Å². The van der Waals surface area contributed by atoms with Gasteiger partial charge in [-0.2, -0.15) is 5.10 Å². The Morgan fingerprint density at radius 3 is 2.81 bits per heavy atom. The zero-order valence-electron chi connectivity index (χ0n) is 13.2. The number of rotatable bonds is 7. The van der Waals surface area contributed by atoms with Crippen molar-refractivity contribution in [3.63, 3.8) is 0 Å². The van der Waals surface area contributed by atoms with Gasteiger partial charge in [-0.3, -0.25) is 4.68 Å². The van der Waals surface area contributed by atoms with Crippen LogP contribution in [-0.4, -0.2) is 28.5 Å². The van der Waals surface area contributed by atoms with Crippen LogP contribution in [0.5, 0.6) is 0 Å². The number of hydrogen-bond acceptors (Lipinski definition) is 3. The zero-order chi connectivity index (χ0) is 14.9. The molecule has 0 amide bonds. The molecule has 1 N–H and O–H groups in total. The van der Waals surface area contributed by atoms with Crippen LogP contribution in [0.3, 0.4) is 0 Å². The van der Waals surface area contributed by atoms with Crippen molar-refractivity contribution < 1.29 is 4.74 Å². The van der Waals surface area contributed by atoms with E-state index in [9.17, 15) is 0 Å². The second-order valence-electron chi connectivity index (χ2n) is 6.56. The molecule has 1 saturated carbocycles. The third-order valence-electron chi connectivity index (χ3n) is 4.35. The molecule has 114 valence electrons. The Morgan fingerprint density at radius 1 is 1.33 bits per heavy atom. The summed E-state index contributed by atoms with van der Waals surface area (Å²) in [6.07, 6.45) is 3.56. The molecule has 0 unspecified atom stereocenters. The van der Waals surface area contributed by atoms with Gasteiger partial charge in [0, 0.05) is 31.6 Å². The molecule has 0 radical (unpaired) electrons. The summed E-state index contributed by atoms with van der Waals surface area (Å²) in [5, 5.41) is 9.65. The van der Waals surface area contributed by atoms with E-state index in [1.165, 1.54) is 23.7 Å². The molecule has 0 aliphatic heterocycles. The lowest BCUT2D eigenvalue weighted by atomic mass is 10.1. The van der Waals surface area contributed by atoms with Gasteiger partial charge in [0.1, 0.15) is 0 Å². The molecule has 4 nitrogen and oxygen atoms in total.